The Morgan fingerprint density at radius 1 is 1.12 bits per heavy atom. The average molecular weight is 210 g/mol. The Morgan fingerprint density at radius 2 is 1.88 bits per heavy atom. The first-order valence-electron chi connectivity index (χ1n) is 5.40. The third kappa shape index (κ3) is 2.37. The molecular formula is C15H14O. The molecule has 2 rings (SSSR count). The molecule has 16 heavy (non-hydrogen) atoms. The number of fused-ring (bicyclic) bond motifs is 1. The lowest BCUT2D eigenvalue weighted by molar-refractivity contribution is -0.117. The molecular weight excluding hydrogens is 196 g/mol. The quantitative estimate of drug-likeness (QED) is 0.705. The normalized spacial score (nSPS) is 10.2. The molecule has 0 saturated carbocycles. The van der Waals surface area contributed by atoms with E-state index in [1.165, 1.54) is 10.8 Å². The molecule has 0 radical (unpaired) electrons. The summed E-state index contributed by atoms with van der Waals surface area (Å²) in [6.45, 7) is 3.57. The van der Waals surface area contributed by atoms with Crippen LogP contribution in [0.4, 0.5) is 0 Å². The fraction of sp³-hybridized carbons (Fsp3) is 0.133. The number of carbonyl (C=O) groups excluding carboxylic acids is 1. The number of hydrogen-bond donors (Lipinski definition) is 0. The van der Waals surface area contributed by atoms with Crippen molar-refractivity contribution in [3.8, 4) is 0 Å². The predicted octanol–water partition coefficient (Wildman–Crippen LogP) is 3.53. The molecule has 0 N–H and O–H groups in total. The average Bonchev–Trinajstić information content (AvgIpc) is 2.29. The van der Waals surface area contributed by atoms with Crippen LogP contribution in [0.5, 0.6) is 0 Å². The molecule has 0 heterocycles. The molecule has 0 aliphatic carbocycles. The van der Waals surface area contributed by atoms with Gasteiger partial charge in [-0.25, -0.2) is 0 Å². The molecule has 2 aromatic rings. The van der Waals surface area contributed by atoms with Gasteiger partial charge in [-0.3, -0.25) is 4.79 Å². The number of Topliss-reactive ketones (excluding diaryl/α,β-unsaturated/α-hetero) is 1. The lowest BCUT2D eigenvalue weighted by Gasteiger charge is -2.02. The first-order valence-corrected chi connectivity index (χ1v) is 5.40. The topological polar surface area (TPSA) is 17.1 Å². The van der Waals surface area contributed by atoms with Crippen LogP contribution in [0, 0.1) is 0 Å². The summed E-state index contributed by atoms with van der Waals surface area (Å²) in [6.07, 6.45) is 2.60. The Labute approximate surface area is 95.4 Å². The summed E-state index contributed by atoms with van der Waals surface area (Å²) in [7, 11) is 0. The van der Waals surface area contributed by atoms with E-state index in [1.807, 2.05) is 18.2 Å². The summed E-state index contributed by atoms with van der Waals surface area (Å²) >= 11 is 0. The van der Waals surface area contributed by atoms with Crippen molar-refractivity contribution in [2.75, 3.05) is 0 Å². The van der Waals surface area contributed by atoms with Crippen LogP contribution in [0.2, 0.25) is 0 Å². The van der Waals surface area contributed by atoms with Crippen LogP contribution in [0.1, 0.15) is 12.0 Å². The standard InChI is InChI=1S/C15H14O/c1-2-5-15(16)11-12-8-9-13-6-3-4-7-14(13)10-12/h2-4,6-10H,1,5,11H2. The Hall–Kier alpha value is -1.89. The minimum atomic E-state index is 0.213. The maximum absolute atomic E-state index is 11.5. The fourth-order valence-corrected chi connectivity index (χ4v) is 1.81. The van der Waals surface area contributed by atoms with Gasteiger partial charge in [0.05, 0.1) is 0 Å². The molecule has 0 bridgehead atoms. The summed E-state index contributed by atoms with van der Waals surface area (Å²) in [5, 5.41) is 2.40. The second-order valence-electron chi connectivity index (χ2n) is 3.89. The van der Waals surface area contributed by atoms with E-state index in [1.54, 1.807) is 6.08 Å². The van der Waals surface area contributed by atoms with Gasteiger partial charge in [-0.05, 0) is 16.3 Å². The lowest BCUT2D eigenvalue weighted by Crippen LogP contribution is -2.00. The molecule has 1 heteroatoms. The van der Waals surface area contributed by atoms with E-state index in [0.29, 0.717) is 12.8 Å². The van der Waals surface area contributed by atoms with Gasteiger partial charge in [0.1, 0.15) is 5.78 Å². The van der Waals surface area contributed by atoms with E-state index in [9.17, 15) is 4.79 Å². The molecule has 1 nitrogen and oxygen atoms in total. The van der Waals surface area contributed by atoms with Crippen LogP contribution in [0.3, 0.4) is 0 Å². The van der Waals surface area contributed by atoms with Crippen LogP contribution in [0.25, 0.3) is 10.8 Å². The zero-order valence-corrected chi connectivity index (χ0v) is 9.15. The number of carbonyl (C=O) groups is 1. The zero-order valence-electron chi connectivity index (χ0n) is 9.15. The van der Waals surface area contributed by atoms with Crippen LogP contribution < -0.4 is 0 Å². The highest BCUT2D eigenvalue weighted by atomic mass is 16.1. The van der Waals surface area contributed by atoms with Crippen molar-refractivity contribution >= 4 is 16.6 Å². The van der Waals surface area contributed by atoms with E-state index >= 15 is 0 Å². The van der Waals surface area contributed by atoms with Gasteiger partial charge in [-0.2, -0.15) is 0 Å². The monoisotopic (exact) mass is 210 g/mol. The Bertz CT molecular complexity index is 526. The SMILES string of the molecule is C=CCC(=O)Cc1ccc2ccccc2c1. The van der Waals surface area contributed by atoms with Crippen LogP contribution in [0.15, 0.2) is 55.1 Å². The number of rotatable bonds is 4. The Balaban J connectivity index is 2.25. The van der Waals surface area contributed by atoms with Gasteiger partial charge >= 0.3 is 0 Å². The number of ketones is 1. The molecule has 0 saturated heterocycles. The second kappa shape index (κ2) is 4.75. The number of allylic oxidation sites excluding steroid dienone is 1. The smallest absolute Gasteiger partial charge is 0.140 e. The number of hydrogen-bond acceptors (Lipinski definition) is 1. The Morgan fingerprint density at radius 3 is 2.62 bits per heavy atom. The summed E-state index contributed by atoms with van der Waals surface area (Å²) < 4.78 is 0. The van der Waals surface area contributed by atoms with Crippen molar-refractivity contribution in [2.24, 2.45) is 0 Å². The molecule has 0 aliphatic heterocycles. The third-order valence-electron chi connectivity index (χ3n) is 2.59. The van der Waals surface area contributed by atoms with E-state index in [2.05, 4.69) is 30.8 Å². The minimum absolute atomic E-state index is 0.213. The lowest BCUT2D eigenvalue weighted by atomic mass is 10.0. The van der Waals surface area contributed by atoms with Crippen molar-refractivity contribution in [3.05, 3.63) is 60.7 Å². The zero-order chi connectivity index (χ0) is 11.4. The van der Waals surface area contributed by atoms with Gasteiger partial charge in [0.2, 0.25) is 0 Å². The fourth-order valence-electron chi connectivity index (χ4n) is 1.81. The molecule has 80 valence electrons. The van der Waals surface area contributed by atoms with Gasteiger partial charge in [0, 0.05) is 12.8 Å². The maximum Gasteiger partial charge on any atom is 0.140 e. The summed E-state index contributed by atoms with van der Waals surface area (Å²) in [5.74, 6) is 0.213. The van der Waals surface area contributed by atoms with Crippen LogP contribution >= 0.6 is 0 Å². The minimum Gasteiger partial charge on any atom is -0.299 e. The van der Waals surface area contributed by atoms with Crippen LogP contribution in [-0.4, -0.2) is 5.78 Å². The largest absolute Gasteiger partial charge is 0.299 e. The summed E-state index contributed by atoms with van der Waals surface area (Å²) in [5.41, 5.74) is 1.07. The van der Waals surface area contributed by atoms with E-state index in [0.717, 1.165) is 5.56 Å². The van der Waals surface area contributed by atoms with Gasteiger partial charge in [-0.1, -0.05) is 48.5 Å². The highest BCUT2D eigenvalue weighted by molar-refractivity contribution is 5.86. The third-order valence-corrected chi connectivity index (χ3v) is 2.59. The van der Waals surface area contributed by atoms with Crippen molar-refractivity contribution in [1.82, 2.24) is 0 Å². The van der Waals surface area contributed by atoms with Gasteiger partial charge in [0.15, 0.2) is 0 Å². The molecule has 0 fully saturated rings. The molecule has 0 spiro atoms. The van der Waals surface area contributed by atoms with Crippen molar-refractivity contribution in [3.63, 3.8) is 0 Å². The molecule has 0 amide bonds. The first kappa shape index (κ1) is 10.6. The Kier molecular flexibility index (Phi) is 3.16. The molecule has 2 aromatic carbocycles. The van der Waals surface area contributed by atoms with Crippen LogP contribution in [-0.2, 0) is 11.2 Å². The van der Waals surface area contributed by atoms with Gasteiger partial charge in [0.25, 0.3) is 0 Å². The van der Waals surface area contributed by atoms with Crippen molar-refractivity contribution in [1.29, 1.82) is 0 Å². The summed E-state index contributed by atoms with van der Waals surface area (Å²) in [4.78, 5) is 11.5. The summed E-state index contributed by atoms with van der Waals surface area (Å²) in [6, 6.07) is 14.3. The van der Waals surface area contributed by atoms with E-state index in [-0.39, 0.29) is 5.78 Å². The highest BCUT2D eigenvalue weighted by Gasteiger charge is 2.02. The number of benzene rings is 2. The predicted molar refractivity (Wildman–Crippen MR) is 67.5 cm³/mol. The van der Waals surface area contributed by atoms with Crippen molar-refractivity contribution < 1.29 is 4.79 Å². The second-order valence-corrected chi connectivity index (χ2v) is 3.89. The molecule has 0 atom stereocenters. The van der Waals surface area contributed by atoms with Gasteiger partial charge < -0.3 is 0 Å². The van der Waals surface area contributed by atoms with E-state index in [4.69, 9.17) is 0 Å². The maximum atomic E-state index is 11.5. The molecule has 0 aromatic heterocycles. The van der Waals surface area contributed by atoms with E-state index < -0.39 is 0 Å². The first-order chi connectivity index (χ1) is 7.79. The molecule has 0 unspecified atom stereocenters. The van der Waals surface area contributed by atoms with Crippen molar-refractivity contribution in [2.45, 2.75) is 12.8 Å². The van der Waals surface area contributed by atoms with Gasteiger partial charge in [-0.15, -0.1) is 6.58 Å². The molecule has 0 aliphatic rings. The highest BCUT2D eigenvalue weighted by Crippen LogP contribution is 2.16.